The van der Waals surface area contributed by atoms with Crippen molar-refractivity contribution in [3.05, 3.63) is 0 Å². The third-order valence-electron chi connectivity index (χ3n) is 14.4. The van der Waals surface area contributed by atoms with Crippen LogP contribution < -0.4 is 0 Å². The van der Waals surface area contributed by atoms with Crippen LogP contribution in [0.3, 0.4) is 0 Å². The van der Waals surface area contributed by atoms with Gasteiger partial charge >= 0.3 is 17.9 Å². The summed E-state index contributed by atoms with van der Waals surface area (Å²) in [4.78, 5) is 38.2. The molecule has 0 heterocycles. The van der Waals surface area contributed by atoms with Gasteiger partial charge in [0.1, 0.15) is 13.2 Å². The summed E-state index contributed by atoms with van der Waals surface area (Å²) in [5.41, 5.74) is 0. The van der Waals surface area contributed by atoms with Gasteiger partial charge in [0.25, 0.3) is 0 Å². The highest BCUT2D eigenvalue weighted by molar-refractivity contribution is 5.71. The first-order valence-corrected chi connectivity index (χ1v) is 30.4. The van der Waals surface area contributed by atoms with Crippen molar-refractivity contribution in [1.82, 2.24) is 0 Å². The van der Waals surface area contributed by atoms with Crippen LogP contribution in [-0.4, -0.2) is 37.2 Å². The molecule has 0 amide bonds. The third-order valence-corrected chi connectivity index (χ3v) is 14.4. The molecule has 0 fully saturated rings. The monoisotopic (exact) mass is 947 g/mol. The first kappa shape index (κ1) is 65.4. The molecular formula is C61H118O6. The lowest BCUT2D eigenvalue weighted by atomic mass is 9.99. The molecule has 0 aliphatic heterocycles. The number of rotatable bonds is 56. The fourth-order valence-electron chi connectivity index (χ4n) is 9.42. The first-order valence-electron chi connectivity index (χ1n) is 30.4. The summed E-state index contributed by atoms with van der Waals surface area (Å²) in [7, 11) is 0. The summed E-state index contributed by atoms with van der Waals surface area (Å²) >= 11 is 0. The maximum Gasteiger partial charge on any atom is 0.306 e. The van der Waals surface area contributed by atoms with Gasteiger partial charge in [0, 0.05) is 19.3 Å². The largest absolute Gasteiger partial charge is 0.462 e. The first-order chi connectivity index (χ1) is 32.9. The predicted molar refractivity (Wildman–Crippen MR) is 289 cm³/mol. The van der Waals surface area contributed by atoms with Crippen LogP contribution in [0, 0.1) is 5.92 Å². The van der Waals surface area contributed by atoms with Gasteiger partial charge in [-0.05, 0) is 25.2 Å². The molecule has 2 atom stereocenters. The second kappa shape index (κ2) is 55.3. The predicted octanol–water partition coefficient (Wildman–Crippen LogP) is 20.2. The highest BCUT2D eigenvalue weighted by atomic mass is 16.6. The molecule has 6 nitrogen and oxygen atoms in total. The van der Waals surface area contributed by atoms with Gasteiger partial charge in [0.05, 0.1) is 0 Å². The van der Waals surface area contributed by atoms with Gasteiger partial charge in [-0.3, -0.25) is 14.4 Å². The van der Waals surface area contributed by atoms with E-state index < -0.39 is 6.10 Å². The topological polar surface area (TPSA) is 78.9 Å². The molecule has 0 aliphatic rings. The summed E-state index contributed by atoms with van der Waals surface area (Å²) < 4.78 is 16.9. The van der Waals surface area contributed by atoms with Crippen LogP contribution in [0.1, 0.15) is 349 Å². The zero-order valence-corrected chi connectivity index (χ0v) is 45.9. The molecule has 0 aromatic rings. The highest BCUT2D eigenvalue weighted by Gasteiger charge is 2.19. The number of unbranched alkanes of at least 4 members (excludes halogenated alkanes) is 42. The molecule has 0 aliphatic carbocycles. The maximum absolute atomic E-state index is 12.8. The smallest absolute Gasteiger partial charge is 0.306 e. The van der Waals surface area contributed by atoms with E-state index in [-0.39, 0.29) is 31.1 Å². The number of carbonyl (C=O) groups excluding carboxylic acids is 3. The number of esters is 3. The van der Waals surface area contributed by atoms with Crippen molar-refractivity contribution in [3.63, 3.8) is 0 Å². The SMILES string of the molecule is CCCCCCCCCCCCCCCCC(=O)OC[C@H](COC(=O)CCCCCCCCCCCCCCCCCCCCC(C)CC)OC(=O)CCCCCCCCCCCCCCC. The summed E-state index contributed by atoms with van der Waals surface area (Å²) in [6, 6.07) is 0. The Balaban J connectivity index is 4.22. The molecule has 6 heteroatoms. The van der Waals surface area contributed by atoms with Crippen molar-refractivity contribution in [2.45, 2.75) is 355 Å². The van der Waals surface area contributed by atoms with Crippen molar-refractivity contribution in [1.29, 1.82) is 0 Å². The van der Waals surface area contributed by atoms with Crippen molar-refractivity contribution < 1.29 is 28.6 Å². The van der Waals surface area contributed by atoms with E-state index in [9.17, 15) is 14.4 Å². The lowest BCUT2D eigenvalue weighted by Crippen LogP contribution is -2.30. The molecule has 0 radical (unpaired) electrons. The Morgan fingerprint density at radius 2 is 0.522 bits per heavy atom. The molecule has 398 valence electrons. The quantitative estimate of drug-likeness (QED) is 0.0343. The minimum absolute atomic E-state index is 0.0615. The van der Waals surface area contributed by atoms with E-state index in [0.717, 1.165) is 63.7 Å². The van der Waals surface area contributed by atoms with Crippen LogP contribution in [0.5, 0.6) is 0 Å². The van der Waals surface area contributed by atoms with Crippen molar-refractivity contribution in [3.8, 4) is 0 Å². The van der Waals surface area contributed by atoms with E-state index in [0.29, 0.717) is 19.3 Å². The molecule has 0 saturated heterocycles. The van der Waals surface area contributed by atoms with Gasteiger partial charge in [-0.2, -0.15) is 0 Å². The average molecular weight is 948 g/mol. The molecular weight excluding hydrogens is 829 g/mol. The second-order valence-electron chi connectivity index (χ2n) is 21.2. The van der Waals surface area contributed by atoms with Crippen LogP contribution in [0.25, 0.3) is 0 Å². The van der Waals surface area contributed by atoms with Gasteiger partial charge in [-0.25, -0.2) is 0 Å². The zero-order valence-electron chi connectivity index (χ0n) is 45.9. The molecule has 0 rings (SSSR count). The Morgan fingerprint density at radius 3 is 0.776 bits per heavy atom. The Morgan fingerprint density at radius 1 is 0.299 bits per heavy atom. The lowest BCUT2D eigenvalue weighted by molar-refractivity contribution is -0.167. The van der Waals surface area contributed by atoms with Gasteiger partial charge in [0.15, 0.2) is 6.10 Å². The molecule has 1 unspecified atom stereocenters. The highest BCUT2D eigenvalue weighted by Crippen LogP contribution is 2.19. The zero-order chi connectivity index (χ0) is 48.8. The molecule has 0 aromatic carbocycles. The third kappa shape index (κ3) is 53.6. The van der Waals surface area contributed by atoms with Crippen molar-refractivity contribution in [2.24, 2.45) is 5.92 Å². The lowest BCUT2D eigenvalue weighted by Gasteiger charge is -2.18. The van der Waals surface area contributed by atoms with Crippen LogP contribution in [0.4, 0.5) is 0 Å². The molecule has 0 bridgehead atoms. The summed E-state index contributed by atoms with van der Waals surface area (Å²) in [6.07, 6.45) is 60.9. The summed E-state index contributed by atoms with van der Waals surface area (Å²) in [5, 5.41) is 0. The van der Waals surface area contributed by atoms with Crippen LogP contribution in [0.2, 0.25) is 0 Å². The van der Waals surface area contributed by atoms with E-state index in [1.807, 2.05) is 0 Å². The number of ether oxygens (including phenoxy) is 3. The van der Waals surface area contributed by atoms with Crippen molar-refractivity contribution in [2.75, 3.05) is 13.2 Å². The normalized spacial score (nSPS) is 12.4. The molecule has 0 aromatic heterocycles. The van der Waals surface area contributed by atoms with Crippen LogP contribution >= 0.6 is 0 Å². The van der Waals surface area contributed by atoms with Crippen molar-refractivity contribution >= 4 is 17.9 Å². The van der Waals surface area contributed by atoms with E-state index >= 15 is 0 Å². The van der Waals surface area contributed by atoms with Gasteiger partial charge < -0.3 is 14.2 Å². The minimum atomic E-state index is -0.761. The number of hydrogen-bond acceptors (Lipinski definition) is 6. The van der Waals surface area contributed by atoms with E-state index in [2.05, 4.69) is 27.7 Å². The molecule has 0 saturated carbocycles. The Kier molecular flexibility index (Phi) is 54.0. The van der Waals surface area contributed by atoms with Crippen LogP contribution in [-0.2, 0) is 28.6 Å². The van der Waals surface area contributed by atoms with Crippen LogP contribution in [0.15, 0.2) is 0 Å². The molecule has 67 heavy (non-hydrogen) atoms. The molecule has 0 N–H and O–H groups in total. The maximum atomic E-state index is 12.8. The Bertz CT molecular complexity index is 1010. The van der Waals surface area contributed by atoms with Gasteiger partial charge in [-0.1, -0.05) is 310 Å². The Labute approximate surface area is 418 Å². The van der Waals surface area contributed by atoms with Gasteiger partial charge in [-0.15, -0.1) is 0 Å². The van der Waals surface area contributed by atoms with Gasteiger partial charge in [0.2, 0.25) is 0 Å². The van der Waals surface area contributed by atoms with E-state index in [1.54, 1.807) is 0 Å². The second-order valence-corrected chi connectivity index (χ2v) is 21.2. The Hall–Kier alpha value is -1.59. The fraction of sp³-hybridized carbons (Fsp3) is 0.951. The number of hydrogen-bond donors (Lipinski definition) is 0. The summed E-state index contributed by atoms with van der Waals surface area (Å²) in [6.45, 7) is 9.11. The fourth-order valence-corrected chi connectivity index (χ4v) is 9.42. The number of carbonyl (C=O) groups is 3. The molecule has 0 spiro atoms. The van der Waals surface area contributed by atoms with E-state index in [4.69, 9.17) is 14.2 Å². The minimum Gasteiger partial charge on any atom is -0.462 e. The average Bonchev–Trinajstić information content (AvgIpc) is 3.33. The van der Waals surface area contributed by atoms with E-state index in [1.165, 1.54) is 244 Å². The standard InChI is InChI=1S/C61H118O6/c1-5-8-10-12-14-16-18-20-29-32-36-40-44-48-52-59(62)65-55-58(67-61(64)54-50-46-42-38-34-27-19-17-15-13-11-9-6-2)56-66-60(63)53-49-45-41-37-33-30-26-24-22-21-23-25-28-31-35-39-43-47-51-57(4)7-3/h57-58H,5-56H2,1-4H3/t57?,58-/m1/s1. The summed E-state index contributed by atoms with van der Waals surface area (Å²) in [5.74, 6) is 0.0781.